The van der Waals surface area contributed by atoms with E-state index < -0.39 is 0 Å². The highest BCUT2D eigenvalue weighted by Gasteiger charge is 2.23. The quantitative estimate of drug-likeness (QED) is 0.153. The summed E-state index contributed by atoms with van der Waals surface area (Å²) in [6, 6.07) is 33.8. The number of nitrogens with one attached hydrogen (secondary N) is 2. The Morgan fingerprint density at radius 1 is 0.761 bits per heavy atom. The van der Waals surface area contributed by atoms with Crippen LogP contribution in [0.4, 0.5) is 11.8 Å². The molecule has 1 saturated carbocycles. The van der Waals surface area contributed by atoms with Crippen LogP contribution in [-0.4, -0.2) is 42.6 Å². The fraction of sp³-hybridized carbons (Fsp3) is 0.289. The van der Waals surface area contributed by atoms with Crippen LogP contribution < -0.4 is 25.0 Å². The Morgan fingerprint density at radius 2 is 1.35 bits per heavy atom. The van der Waals surface area contributed by atoms with E-state index in [4.69, 9.17) is 19.4 Å². The van der Waals surface area contributed by atoms with Crippen molar-refractivity contribution in [2.45, 2.75) is 44.9 Å². The van der Waals surface area contributed by atoms with E-state index in [0.29, 0.717) is 54.7 Å². The number of aromatic nitrogens is 2. The van der Waals surface area contributed by atoms with Crippen molar-refractivity contribution in [2.24, 2.45) is 5.92 Å². The topological polar surface area (TPSA) is 88.6 Å². The van der Waals surface area contributed by atoms with Gasteiger partial charge in [-0.25, -0.2) is 4.98 Å². The van der Waals surface area contributed by atoms with E-state index in [-0.39, 0.29) is 5.91 Å². The fourth-order valence-electron chi connectivity index (χ4n) is 5.85. The first kappa shape index (κ1) is 30.9. The molecule has 2 N–H and O–H groups in total. The van der Waals surface area contributed by atoms with Gasteiger partial charge in [0.2, 0.25) is 5.95 Å². The lowest BCUT2D eigenvalue weighted by atomic mass is 9.86. The molecule has 46 heavy (non-hydrogen) atoms. The Labute approximate surface area is 270 Å². The molecule has 1 aliphatic carbocycles. The van der Waals surface area contributed by atoms with Gasteiger partial charge in [-0.1, -0.05) is 72.8 Å². The molecule has 1 fully saturated rings. The van der Waals surface area contributed by atoms with E-state index in [1.165, 1.54) is 0 Å². The van der Waals surface area contributed by atoms with Gasteiger partial charge in [-0.15, -0.1) is 0 Å². The van der Waals surface area contributed by atoms with E-state index in [1.54, 1.807) is 12.1 Å². The number of carbonyl (C=O) groups is 1. The molecule has 0 radical (unpaired) electrons. The summed E-state index contributed by atoms with van der Waals surface area (Å²) >= 11 is 0. The molecule has 8 nitrogen and oxygen atoms in total. The van der Waals surface area contributed by atoms with Crippen molar-refractivity contribution in [3.05, 3.63) is 120 Å². The van der Waals surface area contributed by atoms with Crippen molar-refractivity contribution in [3.63, 3.8) is 0 Å². The van der Waals surface area contributed by atoms with Crippen LogP contribution in [0.1, 0.15) is 47.2 Å². The minimum atomic E-state index is -0.129. The maximum Gasteiger partial charge on any atom is 0.251 e. The zero-order chi connectivity index (χ0) is 31.7. The van der Waals surface area contributed by atoms with Crippen LogP contribution in [0.2, 0.25) is 0 Å². The van der Waals surface area contributed by atoms with Gasteiger partial charge in [-0.3, -0.25) is 4.79 Å². The molecule has 0 bridgehead atoms. The third-order valence-corrected chi connectivity index (χ3v) is 8.38. The maximum absolute atomic E-state index is 13.4. The third kappa shape index (κ3) is 8.13. The second-order valence-electron chi connectivity index (χ2n) is 12.1. The van der Waals surface area contributed by atoms with E-state index in [1.807, 2.05) is 104 Å². The van der Waals surface area contributed by atoms with Crippen molar-refractivity contribution in [3.8, 4) is 11.5 Å². The van der Waals surface area contributed by atoms with Gasteiger partial charge in [0.05, 0.1) is 5.52 Å². The summed E-state index contributed by atoms with van der Waals surface area (Å²) in [6.45, 7) is 1.43. The molecule has 1 aromatic heterocycles. The number of hydrogen-bond donors (Lipinski definition) is 2. The summed E-state index contributed by atoms with van der Waals surface area (Å²) in [5.41, 5.74) is 3.57. The van der Waals surface area contributed by atoms with Crippen LogP contribution in [0, 0.1) is 5.92 Å². The molecule has 0 saturated heterocycles. The molecular formula is C38H41N5O3. The largest absolute Gasteiger partial charge is 0.489 e. The summed E-state index contributed by atoms with van der Waals surface area (Å²) in [7, 11) is 4.01. The zero-order valence-electron chi connectivity index (χ0n) is 26.5. The Kier molecular flexibility index (Phi) is 9.93. The molecule has 1 amide bonds. The van der Waals surface area contributed by atoms with E-state index in [9.17, 15) is 4.79 Å². The third-order valence-electron chi connectivity index (χ3n) is 8.38. The minimum absolute atomic E-state index is 0.129. The SMILES string of the molecule is CN(C)c1nc(NC2CCC(CNC(=O)c3cc(OCc4ccccc4)cc(OCc4ccccc4)c3)CC2)nc2ccccc12. The first-order chi connectivity index (χ1) is 22.5. The molecule has 0 spiro atoms. The van der Waals surface area contributed by atoms with Crippen molar-refractivity contribution >= 4 is 28.6 Å². The highest BCUT2D eigenvalue weighted by Crippen LogP contribution is 2.29. The number of hydrogen-bond acceptors (Lipinski definition) is 7. The molecule has 0 aliphatic heterocycles. The van der Waals surface area contributed by atoms with Gasteiger partial charge >= 0.3 is 0 Å². The number of amides is 1. The van der Waals surface area contributed by atoms with E-state index in [0.717, 1.165) is 53.5 Å². The lowest BCUT2D eigenvalue weighted by molar-refractivity contribution is 0.0942. The summed E-state index contributed by atoms with van der Waals surface area (Å²) < 4.78 is 12.2. The molecule has 1 aliphatic rings. The van der Waals surface area contributed by atoms with Crippen LogP contribution in [0.5, 0.6) is 11.5 Å². The second kappa shape index (κ2) is 14.8. The highest BCUT2D eigenvalue weighted by molar-refractivity contribution is 5.95. The van der Waals surface area contributed by atoms with Gasteiger partial charge < -0.3 is 25.0 Å². The predicted octanol–water partition coefficient (Wildman–Crippen LogP) is 7.25. The van der Waals surface area contributed by atoms with Crippen molar-refractivity contribution < 1.29 is 14.3 Å². The number of benzene rings is 4. The van der Waals surface area contributed by atoms with Gasteiger partial charge in [0.25, 0.3) is 5.91 Å². The number of carbonyl (C=O) groups excluding carboxylic acids is 1. The van der Waals surface area contributed by atoms with Gasteiger partial charge in [-0.05, 0) is 67.0 Å². The van der Waals surface area contributed by atoms with Crippen LogP contribution in [0.3, 0.4) is 0 Å². The van der Waals surface area contributed by atoms with Gasteiger partial charge in [0.1, 0.15) is 30.5 Å². The molecule has 0 unspecified atom stereocenters. The average Bonchev–Trinajstić information content (AvgIpc) is 3.10. The summed E-state index contributed by atoms with van der Waals surface area (Å²) in [4.78, 5) is 25.0. The maximum atomic E-state index is 13.4. The molecule has 236 valence electrons. The van der Waals surface area contributed by atoms with Gasteiger partial charge in [-0.2, -0.15) is 4.98 Å². The Balaban J connectivity index is 1.05. The first-order valence-electron chi connectivity index (χ1n) is 16.0. The van der Waals surface area contributed by atoms with Crippen molar-refractivity contribution in [2.75, 3.05) is 30.9 Å². The zero-order valence-corrected chi connectivity index (χ0v) is 26.5. The smallest absolute Gasteiger partial charge is 0.251 e. The molecule has 1 heterocycles. The van der Waals surface area contributed by atoms with Crippen LogP contribution >= 0.6 is 0 Å². The lowest BCUT2D eigenvalue weighted by Gasteiger charge is -2.29. The summed E-state index contributed by atoms with van der Waals surface area (Å²) in [6.07, 6.45) is 4.01. The first-order valence-corrected chi connectivity index (χ1v) is 16.0. The second-order valence-corrected chi connectivity index (χ2v) is 12.1. The monoisotopic (exact) mass is 615 g/mol. The fourth-order valence-corrected chi connectivity index (χ4v) is 5.85. The number of rotatable bonds is 12. The molecule has 8 heteroatoms. The van der Waals surface area contributed by atoms with E-state index >= 15 is 0 Å². The number of anilines is 2. The number of ether oxygens (including phenoxy) is 2. The predicted molar refractivity (Wildman–Crippen MR) is 184 cm³/mol. The standard InChI is InChI=1S/C38H41N5O3/c1-43(2)36-34-15-9-10-16-35(34)41-38(42-36)40-31-19-17-27(18-20-31)24-39-37(44)30-21-32(45-25-28-11-5-3-6-12-28)23-33(22-30)46-26-29-13-7-4-8-14-29/h3-16,21-23,27,31H,17-20,24-26H2,1-2H3,(H,39,44)(H,40,41,42). The van der Waals surface area contributed by atoms with Gasteiger partial charge in [0, 0.05) is 43.7 Å². The van der Waals surface area contributed by atoms with Crippen molar-refractivity contribution in [1.82, 2.24) is 15.3 Å². The van der Waals surface area contributed by atoms with Gasteiger partial charge in [0.15, 0.2) is 0 Å². The normalized spacial score (nSPS) is 16.0. The highest BCUT2D eigenvalue weighted by atomic mass is 16.5. The molecule has 5 aromatic rings. The number of fused-ring (bicyclic) bond motifs is 1. The summed E-state index contributed by atoms with van der Waals surface area (Å²) in [5, 5.41) is 7.79. The number of para-hydroxylation sites is 1. The Bertz CT molecular complexity index is 1680. The average molecular weight is 616 g/mol. The van der Waals surface area contributed by atoms with Crippen LogP contribution in [0.25, 0.3) is 10.9 Å². The molecular weight excluding hydrogens is 574 g/mol. The minimum Gasteiger partial charge on any atom is -0.489 e. The van der Waals surface area contributed by atoms with Crippen molar-refractivity contribution in [1.29, 1.82) is 0 Å². The van der Waals surface area contributed by atoms with Crippen LogP contribution in [0.15, 0.2) is 103 Å². The Morgan fingerprint density at radius 3 is 1.96 bits per heavy atom. The molecule has 0 atom stereocenters. The lowest BCUT2D eigenvalue weighted by Crippen LogP contribution is -2.34. The van der Waals surface area contributed by atoms with E-state index in [2.05, 4.69) is 16.7 Å². The molecule has 4 aromatic carbocycles. The number of nitrogens with zero attached hydrogens (tertiary/aromatic N) is 3. The molecule has 6 rings (SSSR count). The van der Waals surface area contributed by atoms with Crippen LogP contribution in [-0.2, 0) is 13.2 Å². The summed E-state index contributed by atoms with van der Waals surface area (Å²) in [5.74, 6) is 3.05. The Hall–Kier alpha value is -5.11.